The SMILES string of the molecule is CC(C)(C)c1ccc(-c2ccc(Cc3ncc(OCc4ccccc4)c(=O)[nH]3)nc2)cc1. The third-order valence-electron chi connectivity index (χ3n) is 5.31. The molecule has 4 aromatic rings. The van der Waals surface area contributed by atoms with E-state index in [4.69, 9.17) is 4.74 Å². The van der Waals surface area contributed by atoms with Gasteiger partial charge in [0.15, 0.2) is 0 Å². The van der Waals surface area contributed by atoms with Crippen molar-refractivity contribution in [3.63, 3.8) is 0 Å². The van der Waals surface area contributed by atoms with Gasteiger partial charge >= 0.3 is 0 Å². The lowest BCUT2D eigenvalue weighted by atomic mass is 9.86. The van der Waals surface area contributed by atoms with Gasteiger partial charge in [-0.25, -0.2) is 4.98 Å². The van der Waals surface area contributed by atoms with Gasteiger partial charge in [-0.15, -0.1) is 0 Å². The molecule has 1 N–H and O–H groups in total. The van der Waals surface area contributed by atoms with Gasteiger partial charge in [0.05, 0.1) is 6.20 Å². The maximum absolute atomic E-state index is 12.3. The van der Waals surface area contributed by atoms with Crippen LogP contribution in [-0.4, -0.2) is 15.0 Å². The predicted molar refractivity (Wildman–Crippen MR) is 127 cm³/mol. The van der Waals surface area contributed by atoms with E-state index in [1.807, 2.05) is 48.7 Å². The maximum Gasteiger partial charge on any atom is 0.293 e. The average molecular weight is 426 g/mol. The second kappa shape index (κ2) is 9.18. The van der Waals surface area contributed by atoms with Crippen molar-refractivity contribution in [3.8, 4) is 16.9 Å². The summed E-state index contributed by atoms with van der Waals surface area (Å²) in [5, 5.41) is 0. The van der Waals surface area contributed by atoms with Crippen molar-refractivity contribution in [1.82, 2.24) is 15.0 Å². The normalized spacial score (nSPS) is 11.3. The van der Waals surface area contributed by atoms with E-state index in [1.54, 1.807) is 0 Å². The zero-order chi connectivity index (χ0) is 22.6. The van der Waals surface area contributed by atoms with Gasteiger partial charge in [-0.05, 0) is 28.2 Å². The van der Waals surface area contributed by atoms with Gasteiger partial charge in [0, 0.05) is 23.9 Å². The molecule has 4 rings (SSSR count). The number of hydrogen-bond acceptors (Lipinski definition) is 4. The van der Waals surface area contributed by atoms with Crippen molar-refractivity contribution in [2.24, 2.45) is 0 Å². The van der Waals surface area contributed by atoms with E-state index in [1.165, 1.54) is 11.8 Å². The molecule has 0 fully saturated rings. The van der Waals surface area contributed by atoms with E-state index in [0.29, 0.717) is 18.9 Å². The third-order valence-corrected chi connectivity index (χ3v) is 5.31. The number of benzene rings is 2. The number of pyridine rings is 1. The smallest absolute Gasteiger partial charge is 0.293 e. The Kier molecular flexibility index (Phi) is 6.17. The van der Waals surface area contributed by atoms with Gasteiger partial charge < -0.3 is 9.72 Å². The highest BCUT2D eigenvalue weighted by Crippen LogP contribution is 2.26. The van der Waals surface area contributed by atoms with Crippen LogP contribution in [0.3, 0.4) is 0 Å². The summed E-state index contributed by atoms with van der Waals surface area (Å²) in [6.07, 6.45) is 3.77. The minimum absolute atomic E-state index is 0.132. The van der Waals surface area contributed by atoms with E-state index >= 15 is 0 Å². The van der Waals surface area contributed by atoms with E-state index in [-0.39, 0.29) is 16.7 Å². The van der Waals surface area contributed by atoms with Crippen molar-refractivity contribution >= 4 is 0 Å². The van der Waals surface area contributed by atoms with Crippen LogP contribution in [0.2, 0.25) is 0 Å². The molecule has 0 aliphatic carbocycles. The van der Waals surface area contributed by atoms with Crippen LogP contribution in [0.15, 0.2) is 83.9 Å². The molecular formula is C27H27N3O2. The molecule has 0 aliphatic heterocycles. The van der Waals surface area contributed by atoms with Crippen LogP contribution in [0, 0.1) is 0 Å². The summed E-state index contributed by atoms with van der Waals surface area (Å²) in [7, 11) is 0. The largest absolute Gasteiger partial charge is 0.482 e. The van der Waals surface area contributed by atoms with Gasteiger partial charge in [-0.3, -0.25) is 9.78 Å². The summed E-state index contributed by atoms with van der Waals surface area (Å²) in [4.78, 5) is 24.0. The lowest BCUT2D eigenvalue weighted by Gasteiger charge is -2.19. The van der Waals surface area contributed by atoms with Crippen LogP contribution in [0.5, 0.6) is 5.75 Å². The number of hydrogen-bond donors (Lipinski definition) is 1. The molecule has 2 heterocycles. The molecule has 0 amide bonds. The molecule has 0 bridgehead atoms. The van der Waals surface area contributed by atoms with Crippen molar-refractivity contribution in [2.75, 3.05) is 0 Å². The first-order chi connectivity index (χ1) is 15.4. The molecule has 0 atom stereocenters. The Morgan fingerprint density at radius 1 is 0.844 bits per heavy atom. The van der Waals surface area contributed by atoms with Crippen molar-refractivity contribution in [1.29, 1.82) is 0 Å². The molecule has 0 radical (unpaired) electrons. The summed E-state index contributed by atoms with van der Waals surface area (Å²) >= 11 is 0. The fourth-order valence-corrected chi connectivity index (χ4v) is 3.38. The third kappa shape index (κ3) is 5.30. The van der Waals surface area contributed by atoms with Crippen molar-refractivity contribution in [2.45, 2.75) is 39.2 Å². The number of aromatic amines is 1. The number of aromatic nitrogens is 3. The van der Waals surface area contributed by atoms with Gasteiger partial charge in [0.1, 0.15) is 12.4 Å². The molecule has 2 aromatic carbocycles. The molecule has 5 nitrogen and oxygen atoms in total. The van der Waals surface area contributed by atoms with Crippen LogP contribution >= 0.6 is 0 Å². The topological polar surface area (TPSA) is 67.9 Å². The number of ether oxygens (including phenoxy) is 1. The van der Waals surface area contributed by atoms with Gasteiger partial charge in [-0.2, -0.15) is 0 Å². The zero-order valence-corrected chi connectivity index (χ0v) is 18.6. The number of nitrogens with zero attached hydrogens (tertiary/aromatic N) is 2. The molecule has 0 unspecified atom stereocenters. The highest BCUT2D eigenvalue weighted by molar-refractivity contribution is 5.63. The summed E-state index contributed by atoms with van der Waals surface area (Å²) in [5.41, 5.74) is 5.16. The van der Waals surface area contributed by atoms with Gasteiger partial charge in [0.25, 0.3) is 5.56 Å². The maximum atomic E-state index is 12.3. The lowest BCUT2D eigenvalue weighted by Crippen LogP contribution is -2.15. The van der Waals surface area contributed by atoms with Crippen molar-refractivity contribution in [3.05, 3.63) is 112 Å². The fraction of sp³-hybridized carbons (Fsp3) is 0.222. The summed E-state index contributed by atoms with van der Waals surface area (Å²) in [6, 6.07) is 22.3. The standard InChI is InChI=1S/C27H27N3O2/c1-27(2,3)22-12-9-20(10-13-22)21-11-14-23(28-16-21)15-25-29-17-24(26(31)30-25)32-18-19-7-5-4-6-8-19/h4-14,16-17H,15,18H2,1-3H3,(H,29,30,31). The molecule has 0 saturated carbocycles. The molecule has 162 valence electrons. The minimum atomic E-state index is -0.290. The predicted octanol–water partition coefficient (Wildman–Crippen LogP) is 5.30. The Balaban J connectivity index is 1.41. The fourth-order valence-electron chi connectivity index (χ4n) is 3.38. The molecular weight excluding hydrogens is 398 g/mol. The lowest BCUT2D eigenvalue weighted by molar-refractivity contribution is 0.300. The first-order valence-electron chi connectivity index (χ1n) is 10.7. The highest BCUT2D eigenvalue weighted by Gasteiger charge is 2.13. The molecule has 0 saturated heterocycles. The Labute approximate surface area is 188 Å². The molecule has 5 heteroatoms. The summed E-state index contributed by atoms with van der Waals surface area (Å²) < 4.78 is 5.60. The van der Waals surface area contributed by atoms with Crippen LogP contribution in [-0.2, 0) is 18.4 Å². The number of rotatable bonds is 6. The van der Waals surface area contributed by atoms with E-state index in [2.05, 4.69) is 60.0 Å². The van der Waals surface area contributed by atoms with Crippen LogP contribution in [0.1, 0.15) is 43.4 Å². The van der Waals surface area contributed by atoms with Gasteiger partial charge in [0.2, 0.25) is 5.75 Å². The Hall–Kier alpha value is -3.73. The second-order valence-corrected chi connectivity index (χ2v) is 8.84. The van der Waals surface area contributed by atoms with Crippen molar-refractivity contribution < 1.29 is 4.74 Å². The minimum Gasteiger partial charge on any atom is -0.482 e. The first-order valence-corrected chi connectivity index (χ1v) is 10.7. The zero-order valence-electron chi connectivity index (χ0n) is 18.6. The van der Waals surface area contributed by atoms with Crippen LogP contribution in [0.25, 0.3) is 11.1 Å². The van der Waals surface area contributed by atoms with Gasteiger partial charge in [-0.1, -0.05) is 81.4 Å². The second-order valence-electron chi connectivity index (χ2n) is 8.84. The Bertz CT molecular complexity index is 1220. The summed E-state index contributed by atoms with van der Waals surface area (Å²) in [5.74, 6) is 0.761. The monoisotopic (exact) mass is 425 g/mol. The van der Waals surface area contributed by atoms with Crippen LogP contribution < -0.4 is 10.3 Å². The summed E-state index contributed by atoms with van der Waals surface area (Å²) in [6.45, 7) is 6.95. The molecule has 0 aliphatic rings. The molecule has 2 aromatic heterocycles. The van der Waals surface area contributed by atoms with Crippen LogP contribution in [0.4, 0.5) is 0 Å². The quantitative estimate of drug-likeness (QED) is 0.455. The first kappa shape index (κ1) is 21.5. The average Bonchev–Trinajstić information content (AvgIpc) is 2.79. The Morgan fingerprint density at radius 3 is 2.19 bits per heavy atom. The van der Waals surface area contributed by atoms with E-state index < -0.39 is 0 Å². The number of H-pyrrole nitrogens is 1. The Morgan fingerprint density at radius 2 is 1.56 bits per heavy atom. The molecule has 32 heavy (non-hydrogen) atoms. The van der Waals surface area contributed by atoms with E-state index in [9.17, 15) is 4.79 Å². The molecule has 0 spiro atoms. The number of nitrogens with one attached hydrogen (secondary N) is 1. The van der Waals surface area contributed by atoms with E-state index in [0.717, 1.165) is 22.4 Å². The highest BCUT2D eigenvalue weighted by atomic mass is 16.5.